The van der Waals surface area contributed by atoms with Gasteiger partial charge >= 0.3 is 6.09 Å². The van der Waals surface area contributed by atoms with Crippen molar-refractivity contribution in [1.82, 2.24) is 10.2 Å². The van der Waals surface area contributed by atoms with E-state index in [9.17, 15) is 9.90 Å². The van der Waals surface area contributed by atoms with Gasteiger partial charge in [-0.05, 0) is 53.4 Å². The van der Waals surface area contributed by atoms with Crippen molar-refractivity contribution in [2.45, 2.75) is 77.2 Å². The van der Waals surface area contributed by atoms with E-state index in [2.05, 4.69) is 12.2 Å². The molecule has 0 bridgehead atoms. The van der Waals surface area contributed by atoms with Crippen molar-refractivity contribution in [1.29, 1.82) is 0 Å². The summed E-state index contributed by atoms with van der Waals surface area (Å²) in [6, 6.07) is 0.412. The smallest absolute Gasteiger partial charge is 0.410 e. The molecule has 0 radical (unpaired) electrons. The Hall–Kier alpha value is -0.850. The highest BCUT2D eigenvalue weighted by Crippen LogP contribution is 2.23. The van der Waals surface area contributed by atoms with Crippen molar-refractivity contribution < 1.29 is 19.4 Å². The third kappa shape index (κ3) is 7.99. The van der Waals surface area contributed by atoms with Gasteiger partial charge in [-0.1, -0.05) is 0 Å². The highest BCUT2D eigenvalue weighted by molar-refractivity contribution is 5.68. The number of likely N-dealkylation sites (tertiary alicyclic amines) is 1. The molecule has 1 fully saturated rings. The summed E-state index contributed by atoms with van der Waals surface area (Å²) in [5.41, 5.74) is -0.465. The monoisotopic (exact) mass is 330 g/mol. The lowest BCUT2D eigenvalue weighted by Crippen LogP contribution is -2.48. The Labute approximate surface area is 140 Å². The molecule has 23 heavy (non-hydrogen) atoms. The summed E-state index contributed by atoms with van der Waals surface area (Å²) in [5.74, 6) is 0. The van der Waals surface area contributed by atoms with E-state index >= 15 is 0 Å². The van der Waals surface area contributed by atoms with Crippen molar-refractivity contribution in [3.8, 4) is 0 Å². The van der Waals surface area contributed by atoms with Gasteiger partial charge in [0.05, 0.1) is 12.7 Å². The highest BCUT2D eigenvalue weighted by Gasteiger charge is 2.31. The molecule has 3 unspecified atom stereocenters. The van der Waals surface area contributed by atoms with Gasteiger partial charge < -0.3 is 24.8 Å². The van der Waals surface area contributed by atoms with Crippen LogP contribution in [0.15, 0.2) is 0 Å². The zero-order valence-corrected chi connectivity index (χ0v) is 15.3. The van der Waals surface area contributed by atoms with Crippen LogP contribution in [-0.4, -0.2) is 66.7 Å². The van der Waals surface area contributed by atoms with Crippen molar-refractivity contribution in [2.75, 3.05) is 26.8 Å². The largest absolute Gasteiger partial charge is 0.444 e. The van der Waals surface area contributed by atoms with Gasteiger partial charge in [0.1, 0.15) is 5.60 Å². The SMILES string of the molecule is COCC(O)CNC(C)CC1CCCCN1C(=O)OC(C)(C)C. The number of aliphatic hydroxyl groups is 1. The molecular formula is C17H34N2O4. The van der Waals surface area contributed by atoms with Gasteiger partial charge in [-0.2, -0.15) is 0 Å². The molecule has 136 valence electrons. The maximum absolute atomic E-state index is 12.4. The predicted molar refractivity (Wildman–Crippen MR) is 90.5 cm³/mol. The normalized spacial score (nSPS) is 21.8. The molecule has 1 aliphatic rings. The third-order valence-electron chi connectivity index (χ3n) is 3.94. The second-order valence-electron chi connectivity index (χ2n) is 7.48. The third-order valence-corrected chi connectivity index (χ3v) is 3.94. The number of hydrogen-bond donors (Lipinski definition) is 2. The lowest BCUT2D eigenvalue weighted by atomic mass is 9.96. The molecule has 1 heterocycles. The fourth-order valence-electron chi connectivity index (χ4n) is 2.89. The van der Waals surface area contributed by atoms with Gasteiger partial charge in [-0.15, -0.1) is 0 Å². The lowest BCUT2D eigenvalue weighted by Gasteiger charge is -2.38. The first-order valence-electron chi connectivity index (χ1n) is 8.63. The van der Waals surface area contributed by atoms with E-state index in [1.165, 1.54) is 0 Å². The number of amides is 1. The van der Waals surface area contributed by atoms with Crippen LogP contribution in [0.5, 0.6) is 0 Å². The Morgan fingerprint density at radius 2 is 2.09 bits per heavy atom. The van der Waals surface area contributed by atoms with Crippen LogP contribution in [0.4, 0.5) is 4.79 Å². The number of ether oxygens (including phenoxy) is 2. The van der Waals surface area contributed by atoms with Gasteiger partial charge in [0.2, 0.25) is 0 Å². The van der Waals surface area contributed by atoms with Crippen molar-refractivity contribution >= 4 is 6.09 Å². The van der Waals surface area contributed by atoms with E-state index in [1.54, 1.807) is 7.11 Å². The molecule has 0 spiro atoms. The van der Waals surface area contributed by atoms with E-state index < -0.39 is 11.7 Å². The average Bonchev–Trinajstić information content (AvgIpc) is 2.44. The number of nitrogens with one attached hydrogen (secondary N) is 1. The topological polar surface area (TPSA) is 71.0 Å². The molecule has 1 amide bonds. The Morgan fingerprint density at radius 1 is 1.39 bits per heavy atom. The molecule has 0 saturated carbocycles. The zero-order chi connectivity index (χ0) is 17.5. The number of carbonyl (C=O) groups is 1. The highest BCUT2D eigenvalue weighted by atomic mass is 16.6. The quantitative estimate of drug-likeness (QED) is 0.748. The van der Waals surface area contributed by atoms with Crippen molar-refractivity contribution in [3.63, 3.8) is 0 Å². The summed E-state index contributed by atoms with van der Waals surface area (Å²) >= 11 is 0. The molecule has 3 atom stereocenters. The predicted octanol–water partition coefficient (Wildman–Crippen LogP) is 2.15. The minimum absolute atomic E-state index is 0.195. The summed E-state index contributed by atoms with van der Waals surface area (Å²) in [7, 11) is 1.58. The molecule has 1 saturated heterocycles. The van der Waals surface area contributed by atoms with Crippen molar-refractivity contribution in [2.24, 2.45) is 0 Å². The first kappa shape index (κ1) is 20.2. The summed E-state index contributed by atoms with van der Waals surface area (Å²) < 4.78 is 10.5. The molecule has 6 heteroatoms. The van der Waals surface area contributed by atoms with Crippen LogP contribution in [0.25, 0.3) is 0 Å². The van der Waals surface area contributed by atoms with Crippen LogP contribution < -0.4 is 5.32 Å². The van der Waals surface area contributed by atoms with Gasteiger partial charge in [0, 0.05) is 32.3 Å². The van der Waals surface area contributed by atoms with Gasteiger partial charge in [-0.3, -0.25) is 0 Å². The van der Waals surface area contributed by atoms with Gasteiger partial charge in [0.25, 0.3) is 0 Å². The minimum Gasteiger partial charge on any atom is -0.444 e. The molecule has 1 rings (SSSR count). The van der Waals surface area contributed by atoms with Crippen LogP contribution >= 0.6 is 0 Å². The Bertz CT molecular complexity index is 357. The molecule has 0 aliphatic carbocycles. The Morgan fingerprint density at radius 3 is 2.70 bits per heavy atom. The fraction of sp³-hybridized carbons (Fsp3) is 0.941. The number of nitrogens with zero attached hydrogens (tertiary/aromatic N) is 1. The second kappa shape index (κ2) is 9.45. The fourth-order valence-corrected chi connectivity index (χ4v) is 2.89. The van der Waals surface area contributed by atoms with Gasteiger partial charge in [0.15, 0.2) is 0 Å². The number of rotatable bonds is 7. The standard InChI is InChI=1S/C17H34N2O4/c1-13(18-11-15(20)12-22-5)10-14-8-6-7-9-19(14)16(21)23-17(2,3)4/h13-15,18,20H,6-12H2,1-5H3. The zero-order valence-electron chi connectivity index (χ0n) is 15.3. The van der Waals surface area contributed by atoms with Gasteiger partial charge in [-0.25, -0.2) is 4.79 Å². The van der Waals surface area contributed by atoms with E-state index in [0.717, 1.165) is 32.2 Å². The maximum Gasteiger partial charge on any atom is 0.410 e. The molecule has 0 aromatic heterocycles. The van der Waals surface area contributed by atoms with E-state index in [0.29, 0.717) is 13.2 Å². The molecule has 1 aliphatic heterocycles. The Kier molecular flexibility index (Phi) is 8.29. The number of hydrogen-bond acceptors (Lipinski definition) is 5. The summed E-state index contributed by atoms with van der Waals surface area (Å²) in [6.45, 7) is 9.35. The number of methoxy groups -OCH3 is 1. The van der Waals surface area contributed by atoms with E-state index in [4.69, 9.17) is 9.47 Å². The first-order valence-corrected chi connectivity index (χ1v) is 8.63. The summed E-state index contributed by atoms with van der Waals surface area (Å²) in [5, 5.41) is 13.0. The number of aliphatic hydroxyl groups excluding tert-OH is 1. The first-order chi connectivity index (χ1) is 10.7. The Balaban J connectivity index is 2.49. The maximum atomic E-state index is 12.4. The lowest BCUT2D eigenvalue weighted by molar-refractivity contribution is 0.00748. The van der Waals surface area contributed by atoms with Crippen LogP contribution in [0, 0.1) is 0 Å². The van der Waals surface area contributed by atoms with Crippen LogP contribution in [-0.2, 0) is 9.47 Å². The summed E-state index contributed by atoms with van der Waals surface area (Å²) in [6.07, 6.45) is 3.32. The van der Waals surface area contributed by atoms with Crippen LogP contribution in [0.3, 0.4) is 0 Å². The van der Waals surface area contributed by atoms with Crippen molar-refractivity contribution in [3.05, 3.63) is 0 Å². The van der Waals surface area contributed by atoms with Crippen LogP contribution in [0.1, 0.15) is 53.4 Å². The second-order valence-corrected chi connectivity index (χ2v) is 7.48. The van der Waals surface area contributed by atoms with E-state index in [-0.39, 0.29) is 18.2 Å². The van der Waals surface area contributed by atoms with Crippen LogP contribution in [0.2, 0.25) is 0 Å². The number of carbonyl (C=O) groups excluding carboxylic acids is 1. The molecule has 2 N–H and O–H groups in total. The number of piperidine rings is 1. The molecular weight excluding hydrogens is 296 g/mol. The summed E-state index contributed by atoms with van der Waals surface area (Å²) in [4.78, 5) is 14.3. The van der Waals surface area contributed by atoms with E-state index in [1.807, 2.05) is 25.7 Å². The molecule has 0 aromatic rings. The molecule has 0 aromatic carbocycles. The molecule has 6 nitrogen and oxygen atoms in total. The average molecular weight is 330 g/mol. The minimum atomic E-state index is -0.504.